The molecule has 0 unspecified atom stereocenters. The smallest absolute Gasteiger partial charge is 0.489 e. The fourth-order valence-electron chi connectivity index (χ4n) is 2.34. The van der Waals surface area contributed by atoms with Crippen molar-refractivity contribution < 1.29 is 46.5 Å². The van der Waals surface area contributed by atoms with Crippen molar-refractivity contribution in [2.75, 3.05) is 31.7 Å². The summed E-state index contributed by atoms with van der Waals surface area (Å²) in [4.78, 5) is 21.2. The molecule has 0 saturated heterocycles. The zero-order chi connectivity index (χ0) is 24.4. The molecule has 0 saturated carbocycles. The summed E-state index contributed by atoms with van der Waals surface area (Å²) in [6, 6.07) is 11.8. The molecular weight excluding hydrogens is 452 g/mol. The van der Waals surface area contributed by atoms with Crippen LogP contribution in [0.1, 0.15) is 10.4 Å². The van der Waals surface area contributed by atoms with E-state index in [0.29, 0.717) is 53.6 Å². The van der Waals surface area contributed by atoms with Crippen LogP contribution in [0.2, 0.25) is 0 Å². The van der Waals surface area contributed by atoms with E-state index in [1.165, 1.54) is 0 Å². The number of alkyl halides is 3. The lowest BCUT2D eigenvalue weighted by Gasteiger charge is -2.19. The maximum Gasteiger partial charge on any atom is 0.490 e. The Hall–Kier alpha value is -3.80. The van der Waals surface area contributed by atoms with E-state index < -0.39 is 12.1 Å². The molecule has 1 aliphatic rings. The summed E-state index contributed by atoms with van der Waals surface area (Å²) in [5.74, 6) is -1.23. The van der Waals surface area contributed by atoms with Gasteiger partial charge >= 0.3 is 12.1 Å². The number of fused-ring (bicyclic) bond motifs is 1. The third kappa shape index (κ3) is 8.00. The average Bonchev–Trinajstić information content (AvgIpc) is 2.80. The third-order valence-corrected chi connectivity index (χ3v) is 4.00. The Morgan fingerprint density at radius 3 is 2.24 bits per heavy atom. The highest BCUT2D eigenvalue weighted by molar-refractivity contribution is 6.04. The largest absolute Gasteiger partial charge is 0.490 e. The predicted molar refractivity (Wildman–Crippen MR) is 109 cm³/mol. The molecular formula is C21H20F4N2O6. The van der Waals surface area contributed by atoms with Crippen LogP contribution in [0.25, 0.3) is 0 Å². The van der Waals surface area contributed by atoms with Gasteiger partial charge in [-0.15, -0.1) is 0 Å². The van der Waals surface area contributed by atoms with Gasteiger partial charge in [0.25, 0.3) is 5.91 Å². The second-order valence-electron chi connectivity index (χ2n) is 6.40. The molecule has 1 heterocycles. The number of hydrogen-bond acceptors (Lipinski definition) is 6. The lowest BCUT2D eigenvalue weighted by atomic mass is 10.2. The van der Waals surface area contributed by atoms with Crippen LogP contribution < -0.4 is 25.3 Å². The van der Waals surface area contributed by atoms with Gasteiger partial charge in [0.2, 0.25) is 0 Å². The maximum atomic E-state index is 12.5. The number of benzene rings is 2. The van der Waals surface area contributed by atoms with Crippen LogP contribution in [0.15, 0.2) is 54.4 Å². The van der Waals surface area contributed by atoms with Gasteiger partial charge in [0.15, 0.2) is 11.5 Å². The minimum atomic E-state index is -5.08. The maximum absolute atomic E-state index is 12.5. The fourth-order valence-corrected chi connectivity index (χ4v) is 2.34. The van der Waals surface area contributed by atoms with Crippen molar-refractivity contribution in [2.45, 2.75) is 6.18 Å². The van der Waals surface area contributed by atoms with Crippen molar-refractivity contribution in [1.82, 2.24) is 0 Å². The number of carboxylic acids is 1. The van der Waals surface area contributed by atoms with Gasteiger partial charge in [0.05, 0.1) is 6.33 Å². The fraction of sp³-hybridized carbons (Fsp3) is 0.238. The summed E-state index contributed by atoms with van der Waals surface area (Å²) in [5, 5.41) is 9.93. The molecule has 3 rings (SSSR count). The van der Waals surface area contributed by atoms with Crippen LogP contribution in [-0.2, 0) is 4.79 Å². The van der Waals surface area contributed by atoms with Crippen molar-refractivity contribution in [3.63, 3.8) is 0 Å². The molecule has 0 atom stereocenters. The normalized spacial score (nSPS) is 12.8. The van der Waals surface area contributed by atoms with Crippen LogP contribution in [0.4, 0.5) is 23.2 Å². The number of hydrogen-bond donors (Lipinski definition) is 3. The Kier molecular flexibility index (Phi) is 9.04. The van der Waals surface area contributed by atoms with Crippen molar-refractivity contribution in [3.8, 4) is 17.2 Å². The minimum absolute atomic E-state index is 0.0652. The van der Waals surface area contributed by atoms with E-state index in [1.807, 2.05) is 0 Å². The first-order valence-electron chi connectivity index (χ1n) is 9.36. The minimum Gasteiger partial charge on any atom is -0.489 e. The highest BCUT2D eigenvalue weighted by Crippen LogP contribution is 2.32. The van der Waals surface area contributed by atoms with E-state index >= 15 is 0 Å². The Bertz CT molecular complexity index is 993. The summed E-state index contributed by atoms with van der Waals surface area (Å²) in [6.45, 7) is 1.15. The molecule has 2 aromatic carbocycles. The molecule has 0 spiro atoms. The second kappa shape index (κ2) is 11.7. The SMILES string of the molecule is NC/C(=C/F)COc1ccc(C(=O)Nc2ccc3c(c2)OCCO3)cc1.O=C(O)C(F)(F)F. The molecule has 8 nitrogen and oxygen atoms in total. The lowest BCUT2D eigenvalue weighted by molar-refractivity contribution is -0.192. The lowest BCUT2D eigenvalue weighted by Crippen LogP contribution is -2.21. The first-order chi connectivity index (χ1) is 15.6. The first-order valence-corrected chi connectivity index (χ1v) is 9.36. The number of nitrogens with one attached hydrogen (secondary N) is 1. The summed E-state index contributed by atoms with van der Waals surface area (Å²) in [7, 11) is 0. The second-order valence-corrected chi connectivity index (χ2v) is 6.40. The van der Waals surface area contributed by atoms with Crippen molar-refractivity contribution >= 4 is 17.6 Å². The zero-order valence-electron chi connectivity index (χ0n) is 17.0. The third-order valence-electron chi connectivity index (χ3n) is 4.00. The number of aliphatic carboxylic acids is 1. The summed E-state index contributed by atoms with van der Waals surface area (Å²) in [6.07, 6.45) is -4.64. The summed E-state index contributed by atoms with van der Waals surface area (Å²) < 4.78 is 60.6. The van der Waals surface area contributed by atoms with Gasteiger partial charge in [-0.25, -0.2) is 9.18 Å². The Morgan fingerprint density at radius 1 is 1.09 bits per heavy atom. The predicted octanol–water partition coefficient (Wildman–Crippen LogP) is 3.53. The van der Waals surface area contributed by atoms with Gasteiger partial charge in [-0.05, 0) is 36.4 Å². The molecule has 1 amide bonds. The van der Waals surface area contributed by atoms with Crippen LogP contribution in [0.5, 0.6) is 17.2 Å². The van der Waals surface area contributed by atoms with Crippen molar-refractivity contribution in [3.05, 3.63) is 59.9 Å². The number of carbonyl (C=O) groups excluding carboxylic acids is 1. The molecule has 33 heavy (non-hydrogen) atoms. The number of anilines is 1. The van der Waals surface area contributed by atoms with Gasteiger partial charge < -0.3 is 30.4 Å². The Balaban J connectivity index is 0.000000479. The van der Waals surface area contributed by atoms with Crippen LogP contribution >= 0.6 is 0 Å². The van der Waals surface area contributed by atoms with Gasteiger partial charge in [-0.3, -0.25) is 4.79 Å². The van der Waals surface area contributed by atoms with Crippen LogP contribution in [0.3, 0.4) is 0 Å². The van der Waals surface area contributed by atoms with E-state index in [-0.39, 0.29) is 19.1 Å². The number of carboxylic acid groups (broad SMARTS) is 1. The standard InChI is InChI=1S/C19H19FN2O4.C2HF3O2/c20-10-13(11-21)12-26-16-4-1-14(2-5-16)19(23)22-15-3-6-17-18(9-15)25-8-7-24-17;3-2(4,5)1(6)7/h1-6,9-10H,7-8,11-12,21H2,(H,22,23);(H,6,7)/b13-10-;. The highest BCUT2D eigenvalue weighted by Gasteiger charge is 2.38. The summed E-state index contributed by atoms with van der Waals surface area (Å²) in [5.41, 5.74) is 6.80. The number of halogens is 4. The number of rotatable bonds is 6. The molecule has 0 aliphatic carbocycles. The molecule has 2 aromatic rings. The van der Waals surface area contributed by atoms with E-state index in [1.54, 1.807) is 42.5 Å². The van der Waals surface area contributed by atoms with Crippen LogP contribution in [-0.4, -0.2) is 49.5 Å². The average molecular weight is 472 g/mol. The molecule has 178 valence electrons. The molecule has 0 bridgehead atoms. The number of ether oxygens (including phenoxy) is 3. The Morgan fingerprint density at radius 2 is 1.70 bits per heavy atom. The number of nitrogens with two attached hydrogens (primary N) is 1. The molecule has 1 aliphatic heterocycles. The molecule has 0 radical (unpaired) electrons. The summed E-state index contributed by atoms with van der Waals surface area (Å²) >= 11 is 0. The van der Waals surface area contributed by atoms with Gasteiger partial charge in [0.1, 0.15) is 25.6 Å². The quantitative estimate of drug-likeness (QED) is 0.550. The van der Waals surface area contributed by atoms with Gasteiger partial charge in [-0.2, -0.15) is 13.2 Å². The van der Waals surface area contributed by atoms with Gasteiger partial charge in [0, 0.05) is 29.4 Å². The van der Waals surface area contributed by atoms with E-state index in [0.717, 1.165) is 0 Å². The number of amides is 1. The van der Waals surface area contributed by atoms with Crippen LogP contribution in [0, 0.1) is 0 Å². The Labute approximate surface area is 185 Å². The highest BCUT2D eigenvalue weighted by atomic mass is 19.4. The monoisotopic (exact) mass is 472 g/mol. The van der Waals surface area contributed by atoms with Crippen molar-refractivity contribution in [2.24, 2.45) is 5.73 Å². The van der Waals surface area contributed by atoms with Crippen molar-refractivity contribution in [1.29, 1.82) is 0 Å². The molecule has 12 heteroatoms. The van der Waals surface area contributed by atoms with E-state index in [4.69, 9.17) is 29.8 Å². The molecule has 0 fully saturated rings. The van der Waals surface area contributed by atoms with E-state index in [9.17, 15) is 22.4 Å². The van der Waals surface area contributed by atoms with E-state index in [2.05, 4.69) is 5.32 Å². The first kappa shape index (κ1) is 25.5. The molecule has 4 N–H and O–H groups in total. The number of carbonyl (C=O) groups is 2. The topological polar surface area (TPSA) is 120 Å². The molecule has 0 aromatic heterocycles. The van der Waals surface area contributed by atoms with Gasteiger partial charge in [-0.1, -0.05) is 0 Å². The zero-order valence-corrected chi connectivity index (χ0v) is 17.0.